The van der Waals surface area contributed by atoms with E-state index in [4.69, 9.17) is 5.73 Å². The number of hydrogen-bond acceptors (Lipinski definition) is 3. The lowest BCUT2D eigenvalue weighted by molar-refractivity contribution is -0.120. The zero-order chi connectivity index (χ0) is 13.8. The highest BCUT2D eigenvalue weighted by molar-refractivity contribution is 5.80. The molecule has 0 aromatic rings. The lowest BCUT2D eigenvalue weighted by atomic mass is 9.77. The van der Waals surface area contributed by atoms with Crippen LogP contribution in [0.25, 0.3) is 0 Å². The smallest absolute Gasteiger partial charge is 0.235 e. The van der Waals surface area contributed by atoms with E-state index in [1.807, 2.05) is 0 Å². The van der Waals surface area contributed by atoms with E-state index in [0.717, 1.165) is 25.6 Å². The Morgan fingerprint density at radius 3 is 2.56 bits per heavy atom. The molecule has 0 saturated carbocycles. The van der Waals surface area contributed by atoms with E-state index in [0.29, 0.717) is 5.41 Å². The van der Waals surface area contributed by atoms with E-state index < -0.39 is 0 Å². The van der Waals surface area contributed by atoms with Gasteiger partial charge in [0.05, 0.1) is 6.04 Å². The third-order valence-electron chi connectivity index (χ3n) is 4.18. The van der Waals surface area contributed by atoms with Crippen LogP contribution in [0.15, 0.2) is 0 Å². The van der Waals surface area contributed by atoms with Crippen LogP contribution in [-0.4, -0.2) is 43.5 Å². The Morgan fingerprint density at radius 1 is 1.39 bits per heavy atom. The molecule has 4 heteroatoms. The van der Waals surface area contributed by atoms with E-state index in [9.17, 15) is 4.79 Å². The van der Waals surface area contributed by atoms with Crippen molar-refractivity contribution in [2.75, 3.05) is 26.7 Å². The zero-order valence-electron chi connectivity index (χ0n) is 12.3. The van der Waals surface area contributed by atoms with Gasteiger partial charge in [0.2, 0.25) is 5.91 Å². The molecule has 0 aromatic heterocycles. The van der Waals surface area contributed by atoms with Crippen LogP contribution in [0, 0.1) is 11.3 Å². The van der Waals surface area contributed by atoms with Crippen LogP contribution in [0.5, 0.6) is 0 Å². The Labute approximate surface area is 111 Å². The summed E-state index contributed by atoms with van der Waals surface area (Å²) in [7, 11) is 1.80. The number of carbonyl (C=O) groups excluding carboxylic acids is 1. The summed E-state index contributed by atoms with van der Waals surface area (Å²) < 4.78 is 0. The molecule has 0 aliphatic carbocycles. The van der Waals surface area contributed by atoms with E-state index >= 15 is 0 Å². The van der Waals surface area contributed by atoms with Gasteiger partial charge in [-0.05, 0) is 50.7 Å². The van der Waals surface area contributed by atoms with Crippen molar-refractivity contribution in [1.29, 1.82) is 0 Å². The number of primary amides is 1. The monoisotopic (exact) mass is 255 g/mol. The van der Waals surface area contributed by atoms with Gasteiger partial charge in [0, 0.05) is 6.54 Å². The number of rotatable bonds is 4. The first-order chi connectivity index (χ1) is 8.34. The molecule has 3 N–H and O–H groups in total. The average Bonchev–Trinajstić information content (AvgIpc) is 2.49. The van der Waals surface area contributed by atoms with Gasteiger partial charge in [0.15, 0.2) is 0 Å². The molecule has 0 aromatic carbocycles. The Balaban J connectivity index is 2.49. The first kappa shape index (κ1) is 15.4. The molecule has 106 valence electrons. The number of hydrogen-bond donors (Lipinski definition) is 2. The molecule has 18 heavy (non-hydrogen) atoms. The van der Waals surface area contributed by atoms with Gasteiger partial charge in [0.1, 0.15) is 0 Å². The molecular formula is C14H29N3O. The zero-order valence-corrected chi connectivity index (χ0v) is 12.3. The van der Waals surface area contributed by atoms with Crippen LogP contribution in [-0.2, 0) is 4.79 Å². The standard InChI is InChI=1S/C14H29N3O/c1-14(2,3)11-6-5-8-17(9-7-11)10-12(16-4)13(15)18/h11-12,16H,5-10H2,1-4H3,(H2,15,18). The van der Waals surface area contributed by atoms with Gasteiger partial charge in [-0.25, -0.2) is 0 Å². The SMILES string of the molecule is CNC(CN1CCCC(C(C)(C)C)CC1)C(N)=O. The maximum Gasteiger partial charge on any atom is 0.235 e. The summed E-state index contributed by atoms with van der Waals surface area (Å²) in [6.45, 7) is 9.88. The van der Waals surface area contributed by atoms with E-state index in [1.54, 1.807) is 7.05 Å². The minimum atomic E-state index is -0.255. The lowest BCUT2D eigenvalue weighted by Gasteiger charge is -2.30. The number of likely N-dealkylation sites (tertiary alicyclic amines) is 1. The van der Waals surface area contributed by atoms with Crippen molar-refractivity contribution in [3.8, 4) is 0 Å². The van der Waals surface area contributed by atoms with Gasteiger partial charge >= 0.3 is 0 Å². The normalized spacial score (nSPS) is 24.6. The minimum Gasteiger partial charge on any atom is -0.368 e. The predicted octanol–water partition coefficient (Wildman–Crippen LogP) is 1.21. The van der Waals surface area contributed by atoms with Gasteiger partial charge in [-0.2, -0.15) is 0 Å². The number of amides is 1. The van der Waals surface area contributed by atoms with Crippen molar-refractivity contribution in [3.63, 3.8) is 0 Å². The molecule has 1 aliphatic rings. The Bertz CT molecular complexity index is 273. The summed E-state index contributed by atoms with van der Waals surface area (Å²) in [6, 6.07) is -0.226. The molecule has 1 rings (SSSR count). The molecule has 1 aliphatic heterocycles. The Morgan fingerprint density at radius 2 is 2.06 bits per heavy atom. The molecule has 0 spiro atoms. The van der Waals surface area contributed by atoms with Crippen LogP contribution in [0.2, 0.25) is 0 Å². The molecule has 1 heterocycles. The van der Waals surface area contributed by atoms with Crippen molar-refractivity contribution in [1.82, 2.24) is 10.2 Å². The van der Waals surface area contributed by atoms with Crippen LogP contribution in [0.4, 0.5) is 0 Å². The largest absolute Gasteiger partial charge is 0.368 e. The topological polar surface area (TPSA) is 58.4 Å². The average molecular weight is 255 g/mol. The number of carbonyl (C=O) groups is 1. The predicted molar refractivity (Wildman–Crippen MR) is 75.3 cm³/mol. The van der Waals surface area contributed by atoms with Crippen molar-refractivity contribution < 1.29 is 4.79 Å². The van der Waals surface area contributed by atoms with Gasteiger partial charge < -0.3 is 16.0 Å². The number of nitrogens with one attached hydrogen (secondary N) is 1. The van der Waals surface area contributed by atoms with Crippen molar-refractivity contribution in [2.45, 2.75) is 46.1 Å². The lowest BCUT2D eigenvalue weighted by Crippen LogP contribution is -2.48. The maximum atomic E-state index is 11.2. The molecular weight excluding hydrogens is 226 g/mol. The fraction of sp³-hybridized carbons (Fsp3) is 0.929. The second-order valence-corrected chi connectivity index (χ2v) is 6.54. The highest BCUT2D eigenvalue weighted by Crippen LogP contribution is 2.34. The third-order valence-corrected chi connectivity index (χ3v) is 4.18. The van der Waals surface area contributed by atoms with Crippen LogP contribution in [0.3, 0.4) is 0 Å². The minimum absolute atomic E-state index is 0.226. The second-order valence-electron chi connectivity index (χ2n) is 6.54. The Kier molecular flexibility index (Phi) is 5.60. The number of nitrogens with zero attached hydrogens (tertiary/aromatic N) is 1. The summed E-state index contributed by atoms with van der Waals surface area (Å²) in [5, 5.41) is 2.99. The van der Waals surface area contributed by atoms with Crippen LogP contribution < -0.4 is 11.1 Å². The maximum absolute atomic E-state index is 11.2. The first-order valence-electron chi connectivity index (χ1n) is 7.03. The van der Waals surface area contributed by atoms with Gasteiger partial charge in [-0.15, -0.1) is 0 Å². The second kappa shape index (κ2) is 6.53. The number of nitrogens with two attached hydrogens (primary N) is 1. The molecule has 0 radical (unpaired) electrons. The Hall–Kier alpha value is -0.610. The number of likely N-dealkylation sites (N-methyl/N-ethyl adjacent to an activating group) is 1. The van der Waals surface area contributed by atoms with Gasteiger partial charge in [-0.3, -0.25) is 4.79 Å². The summed E-state index contributed by atoms with van der Waals surface area (Å²) in [6.07, 6.45) is 3.73. The molecule has 1 fully saturated rings. The van der Waals surface area contributed by atoms with Gasteiger partial charge in [-0.1, -0.05) is 20.8 Å². The molecule has 1 saturated heterocycles. The molecule has 0 bridgehead atoms. The quantitative estimate of drug-likeness (QED) is 0.794. The molecule has 4 nitrogen and oxygen atoms in total. The van der Waals surface area contributed by atoms with Crippen molar-refractivity contribution >= 4 is 5.91 Å². The fourth-order valence-electron chi connectivity index (χ4n) is 2.79. The van der Waals surface area contributed by atoms with E-state index in [2.05, 4.69) is 31.0 Å². The van der Waals surface area contributed by atoms with Gasteiger partial charge in [0.25, 0.3) is 0 Å². The van der Waals surface area contributed by atoms with Crippen molar-refractivity contribution in [3.05, 3.63) is 0 Å². The third kappa shape index (κ3) is 4.58. The molecule has 1 amide bonds. The molecule has 2 unspecified atom stereocenters. The highest BCUT2D eigenvalue weighted by Gasteiger charge is 2.28. The van der Waals surface area contributed by atoms with E-state index in [1.165, 1.54) is 19.3 Å². The summed E-state index contributed by atoms with van der Waals surface area (Å²) >= 11 is 0. The van der Waals surface area contributed by atoms with Crippen LogP contribution in [0.1, 0.15) is 40.0 Å². The van der Waals surface area contributed by atoms with E-state index in [-0.39, 0.29) is 11.9 Å². The highest BCUT2D eigenvalue weighted by atomic mass is 16.1. The summed E-state index contributed by atoms with van der Waals surface area (Å²) in [5.74, 6) is 0.526. The summed E-state index contributed by atoms with van der Waals surface area (Å²) in [4.78, 5) is 13.6. The summed E-state index contributed by atoms with van der Waals surface area (Å²) in [5.41, 5.74) is 5.76. The molecule has 2 atom stereocenters. The first-order valence-corrected chi connectivity index (χ1v) is 7.03. The van der Waals surface area contributed by atoms with Crippen LogP contribution >= 0.6 is 0 Å². The van der Waals surface area contributed by atoms with Crippen molar-refractivity contribution in [2.24, 2.45) is 17.1 Å². The fourth-order valence-corrected chi connectivity index (χ4v) is 2.79.